The first-order chi connectivity index (χ1) is 29.5. The highest BCUT2D eigenvalue weighted by atomic mass is 16.6. The molecule has 0 amide bonds. The molecule has 63 heavy (non-hydrogen) atoms. The third-order valence-electron chi connectivity index (χ3n) is 19.1. The first kappa shape index (κ1) is 49.0. The monoisotopic (exact) mass is 875 g/mol. The number of hydrogen-bond donors (Lipinski definition) is 1. The molecular formula is C53H78O10. The summed E-state index contributed by atoms with van der Waals surface area (Å²) >= 11 is 0. The number of allylic oxidation sites excluding steroid dienone is 1. The molecule has 8 aliphatic rings. The topological polar surface area (TPSA) is 158 Å². The van der Waals surface area contributed by atoms with Crippen molar-refractivity contribution >= 4 is 41.0 Å². The number of Topliss-reactive ketones (excluding diaryl/α,β-unsaturated/α-hetero) is 2. The van der Waals surface area contributed by atoms with Crippen molar-refractivity contribution < 1.29 is 48.1 Å². The number of carbonyl (C=O) groups excluding carboxylic acids is 6. The summed E-state index contributed by atoms with van der Waals surface area (Å²) in [6, 6.07) is 0. The molecule has 0 spiro atoms. The number of carboxylic acid groups (broad SMARTS) is 1. The number of carbonyl (C=O) groups is 7. The van der Waals surface area contributed by atoms with Gasteiger partial charge >= 0.3 is 11.9 Å². The maximum Gasteiger partial charge on any atom is 0.306 e. The molecule has 0 aromatic heterocycles. The average Bonchev–Trinajstić information content (AvgIpc) is 3.71. The number of ether oxygens (including phenoxy) is 2. The quantitative estimate of drug-likeness (QED) is 0.184. The van der Waals surface area contributed by atoms with Gasteiger partial charge in [-0.15, -0.1) is 0 Å². The fourth-order valence-corrected chi connectivity index (χ4v) is 16.2. The minimum atomic E-state index is -0.961. The number of rotatable bonds is 8. The molecule has 0 aliphatic heterocycles. The van der Waals surface area contributed by atoms with Crippen molar-refractivity contribution in [2.45, 2.75) is 197 Å². The van der Waals surface area contributed by atoms with E-state index >= 15 is 0 Å². The van der Waals surface area contributed by atoms with Crippen molar-refractivity contribution in [1.82, 2.24) is 0 Å². The van der Waals surface area contributed by atoms with E-state index in [0.717, 1.165) is 96.8 Å². The zero-order valence-corrected chi connectivity index (χ0v) is 40.2. The van der Waals surface area contributed by atoms with E-state index in [2.05, 4.69) is 41.5 Å². The van der Waals surface area contributed by atoms with E-state index in [0.29, 0.717) is 72.9 Å². The van der Waals surface area contributed by atoms with Crippen molar-refractivity contribution in [2.24, 2.45) is 69.0 Å². The van der Waals surface area contributed by atoms with Crippen LogP contribution in [0.5, 0.6) is 0 Å². The average molecular weight is 875 g/mol. The first-order valence-electron chi connectivity index (χ1n) is 24.6. The van der Waals surface area contributed by atoms with E-state index < -0.39 is 11.6 Å². The largest absolute Gasteiger partial charge is 0.481 e. The van der Waals surface area contributed by atoms with Crippen LogP contribution in [0, 0.1) is 69.0 Å². The van der Waals surface area contributed by atoms with Gasteiger partial charge in [0, 0.05) is 49.9 Å². The van der Waals surface area contributed by atoms with Gasteiger partial charge in [0.15, 0.2) is 23.0 Å². The van der Waals surface area contributed by atoms with Gasteiger partial charge in [-0.1, -0.05) is 65.5 Å². The molecule has 8 rings (SSSR count). The fraction of sp³-hybridized carbons (Fsp3) is 0.792. The highest BCUT2D eigenvalue weighted by Crippen LogP contribution is 2.70. The molecule has 0 bridgehead atoms. The van der Waals surface area contributed by atoms with Gasteiger partial charge in [-0.05, 0) is 162 Å². The number of ketones is 4. The molecule has 1 unspecified atom stereocenters. The Morgan fingerprint density at radius 1 is 0.746 bits per heavy atom. The summed E-state index contributed by atoms with van der Waals surface area (Å²) in [4.78, 5) is 83.3. The van der Waals surface area contributed by atoms with Crippen LogP contribution in [0.15, 0.2) is 23.3 Å². The summed E-state index contributed by atoms with van der Waals surface area (Å²) in [6.45, 7) is 19.5. The predicted octanol–water partition coefficient (Wildman–Crippen LogP) is 10.6. The lowest BCUT2D eigenvalue weighted by Crippen LogP contribution is -2.59. The van der Waals surface area contributed by atoms with Crippen LogP contribution < -0.4 is 0 Å². The minimum absolute atomic E-state index is 0.00469. The van der Waals surface area contributed by atoms with Crippen LogP contribution in [-0.4, -0.2) is 57.9 Å². The molecule has 0 heterocycles. The normalized spacial score (nSPS) is 42.0. The van der Waals surface area contributed by atoms with Crippen LogP contribution in [0.1, 0.15) is 185 Å². The van der Waals surface area contributed by atoms with Gasteiger partial charge in [-0.3, -0.25) is 33.6 Å². The Kier molecular flexibility index (Phi) is 14.4. The van der Waals surface area contributed by atoms with E-state index in [9.17, 15) is 28.8 Å². The standard InChI is InChI=1S/C27H40O4.C24H34O4.C2H4O2/c1-5-6-7-8-25(30)31-24-16-19(29)15-18-9-10-20-22-12-11-21(17(2)28)26(22,3)14-13-23(20)27(18,24)4;1-14-12-18-19(22(4)9-6-17(27)13-21(14)22)7-10-23(5)20(18)8-11-24(23,15(2)25)28-16(3)26;1-2(3)4/h15,20-24H,5-14,16H2,1-4H3;13-14,18-20H,6-12H2,1-5H3;1H3,(H,3,4)/t20-,21+,22-,23-,24?,26+,27-;14-,18+,19-,20-,22+,23-,24-;/m00./s1. The summed E-state index contributed by atoms with van der Waals surface area (Å²) < 4.78 is 11.9. The van der Waals surface area contributed by atoms with E-state index in [-0.39, 0.29) is 63.0 Å². The molecule has 0 saturated heterocycles. The minimum Gasteiger partial charge on any atom is -0.481 e. The number of unbranched alkanes of at least 4 members (excludes halogenated alkanes) is 2. The smallest absolute Gasteiger partial charge is 0.306 e. The summed E-state index contributed by atoms with van der Waals surface area (Å²) in [5.74, 6) is 3.05. The van der Waals surface area contributed by atoms with E-state index in [1.165, 1.54) is 18.1 Å². The predicted molar refractivity (Wildman–Crippen MR) is 240 cm³/mol. The SMILES string of the molecule is CC(=O)O.CC(=O)O[C@]1(C(C)=O)CC[C@H]2[C@@H]3C[C@H](C)C4=CC(=O)CC[C@]4(C)[C@H]3CC[C@@]21C.CCCCCC(=O)OC1CC(=O)C=C2CC[C@H]3[C@@H]4CC[C@H](C(C)=O)[C@@]4(C)CC[C@@H]3[C@]21C. The van der Waals surface area contributed by atoms with Gasteiger partial charge in [-0.25, -0.2) is 0 Å². The van der Waals surface area contributed by atoms with E-state index in [4.69, 9.17) is 19.4 Å². The molecule has 10 heteroatoms. The van der Waals surface area contributed by atoms with Gasteiger partial charge in [-0.2, -0.15) is 0 Å². The lowest BCUT2D eigenvalue weighted by molar-refractivity contribution is -0.187. The lowest BCUT2D eigenvalue weighted by Gasteiger charge is -2.60. The molecule has 10 nitrogen and oxygen atoms in total. The fourth-order valence-electron chi connectivity index (χ4n) is 16.2. The Morgan fingerprint density at radius 2 is 1.41 bits per heavy atom. The Morgan fingerprint density at radius 3 is 2.05 bits per heavy atom. The number of fused-ring (bicyclic) bond motifs is 10. The van der Waals surface area contributed by atoms with Gasteiger partial charge in [0.1, 0.15) is 11.9 Å². The molecule has 14 atom stereocenters. The van der Waals surface area contributed by atoms with Crippen molar-refractivity contribution in [3.05, 3.63) is 23.3 Å². The number of carboxylic acids is 1. The van der Waals surface area contributed by atoms with Gasteiger partial charge in [0.2, 0.25) is 0 Å². The second-order valence-electron chi connectivity index (χ2n) is 22.2. The Labute approximate surface area is 376 Å². The Bertz CT molecular complexity index is 1910. The number of aliphatic carboxylic acids is 1. The zero-order valence-electron chi connectivity index (χ0n) is 40.2. The number of esters is 2. The molecule has 0 radical (unpaired) electrons. The van der Waals surface area contributed by atoms with Gasteiger partial charge in [0.25, 0.3) is 5.97 Å². The Balaban J connectivity index is 0.000000194. The molecular weight excluding hydrogens is 797 g/mol. The summed E-state index contributed by atoms with van der Waals surface area (Å²) in [6.07, 6.45) is 19.8. The Hall–Kier alpha value is -3.43. The molecule has 8 aliphatic carbocycles. The van der Waals surface area contributed by atoms with Crippen LogP contribution >= 0.6 is 0 Å². The molecule has 6 saturated carbocycles. The molecule has 0 aromatic carbocycles. The molecule has 1 N–H and O–H groups in total. The third kappa shape index (κ3) is 8.61. The summed E-state index contributed by atoms with van der Waals surface area (Å²) in [5.41, 5.74) is 1.30. The highest BCUT2D eigenvalue weighted by Gasteiger charge is 2.68. The summed E-state index contributed by atoms with van der Waals surface area (Å²) in [5, 5.41) is 7.42. The molecule has 6 fully saturated rings. The van der Waals surface area contributed by atoms with Crippen molar-refractivity contribution in [1.29, 1.82) is 0 Å². The van der Waals surface area contributed by atoms with Crippen LogP contribution in [0.3, 0.4) is 0 Å². The van der Waals surface area contributed by atoms with E-state index in [1.807, 2.05) is 12.2 Å². The van der Waals surface area contributed by atoms with E-state index in [1.54, 1.807) is 13.8 Å². The summed E-state index contributed by atoms with van der Waals surface area (Å²) in [7, 11) is 0. The second kappa shape index (κ2) is 18.5. The highest BCUT2D eigenvalue weighted by molar-refractivity contribution is 5.93. The maximum atomic E-state index is 12.8. The van der Waals surface area contributed by atoms with Crippen molar-refractivity contribution in [3.8, 4) is 0 Å². The lowest BCUT2D eigenvalue weighted by atomic mass is 9.44. The van der Waals surface area contributed by atoms with Crippen LogP contribution in [0.4, 0.5) is 0 Å². The van der Waals surface area contributed by atoms with Crippen LogP contribution in [-0.2, 0) is 43.0 Å². The van der Waals surface area contributed by atoms with Crippen LogP contribution in [0.25, 0.3) is 0 Å². The van der Waals surface area contributed by atoms with Gasteiger partial charge in [0.05, 0.1) is 0 Å². The first-order valence-corrected chi connectivity index (χ1v) is 24.6. The third-order valence-corrected chi connectivity index (χ3v) is 19.1. The maximum absolute atomic E-state index is 12.8. The zero-order chi connectivity index (χ0) is 46.4. The van der Waals surface area contributed by atoms with Crippen molar-refractivity contribution in [2.75, 3.05) is 0 Å². The van der Waals surface area contributed by atoms with Gasteiger partial charge < -0.3 is 14.6 Å². The molecule has 350 valence electrons. The number of hydrogen-bond acceptors (Lipinski definition) is 9. The van der Waals surface area contributed by atoms with Crippen LogP contribution in [0.2, 0.25) is 0 Å². The second-order valence-corrected chi connectivity index (χ2v) is 22.2. The molecule has 0 aromatic rings. The van der Waals surface area contributed by atoms with Crippen molar-refractivity contribution in [3.63, 3.8) is 0 Å².